The van der Waals surface area contributed by atoms with Crippen LogP contribution in [0.5, 0.6) is 11.5 Å². The van der Waals surface area contributed by atoms with Crippen LogP contribution in [-0.2, 0) is 17.8 Å². The van der Waals surface area contributed by atoms with E-state index in [4.69, 9.17) is 9.47 Å². The molecule has 2 aromatic rings. The van der Waals surface area contributed by atoms with Gasteiger partial charge < -0.3 is 14.8 Å². The van der Waals surface area contributed by atoms with Gasteiger partial charge in [-0.2, -0.15) is 0 Å². The van der Waals surface area contributed by atoms with E-state index in [1.807, 2.05) is 18.2 Å². The van der Waals surface area contributed by atoms with Crippen LogP contribution < -0.4 is 14.8 Å². The summed E-state index contributed by atoms with van der Waals surface area (Å²) in [6.07, 6.45) is 4.41. The summed E-state index contributed by atoms with van der Waals surface area (Å²) < 4.78 is 11.3. The molecule has 1 amide bonds. The first-order valence-corrected chi connectivity index (χ1v) is 9.41. The van der Waals surface area contributed by atoms with E-state index in [1.54, 1.807) is 0 Å². The number of ether oxygens (including phenoxy) is 2. The number of rotatable bonds is 7. The summed E-state index contributed by atoms with van der Waals surface area (Å²) in [7, 11) is 0. The molecule has 26 heavy (non-hydrogen) atoms. The second-order valence-corrected chi connectivity index (χ2v) is 6.80. The topological polar surface area (TPSA) is 47.6 Å². The average molecular weight is 353 g/mol. The highest BCUT2D eigenvalue weighted by atomic mass is 16.5. The number of carbonyl (C=O) groups excluding carboxylic acids is 1. The Morgan fingerprint density at radius 3 is 2.50 bits per heavy atom. The number of benzene rings is 2. The molecule has 0 fully saturated rings. The lowest BCUT2D eigenvalue weighted by atomic mass is 10.1. The van der Waals surface area contributed by atoms with Crippen molar-refractivity contribution in [2.24, 2.45) is 0 Å². The molecule has 1 N–H and O–H groups in total. The molecule has 0 aliphatic carbocycles. The highest BCUT2D eigenvalue weighted by Crippen LogP contribution is 2.30. The lowest BCUT2D eigenvalue weighted by molar-refractivity contribution is -0.121. The lowest BCUT2D eigenvalue weighted by Crippen LogP contribution is -2.22. The summed E-state index contributed by atoms with van der Waals surface area (Å²) in [6, 6.07) is 14.5. The minimum atomic E-state index is 0.0982. The Morgan fingerprint density at radius 2 is 1.69 bits per heavy atom. The minimum absolute atomic E-state index is 0.0982. The molecule has 0 saturated carbocycles. The molecule has 1 aliphatic rings. The molecule has 3 rings (SSSR count). The summed E-state index contributed by atoms with van der Waals surface area (Å²) in [4.78, 5) is 12.0. The quantitative estimate of drug-likeness (QED) is 0.760. The molecule has 0 radical (unpaired) electrons. The van der Waals surface area contributed by atoms with Crippen LogP contribution in [-0.4, -0.2) is 19.1 Å². The van der Waals surface area contributed by atoms with E-state index in [-0.39, 0.29) is 5.91 Å². The van der Waals surface area contributed by atoms with Gasteiger partial charge in [0.25, 0.3) is 0 Å². The fourth-order valence-corrected chi connectivity index (χ4v) is 2.98. The number of hydrogen-bond acceptors (Lipinski definition) is 3. The summed E-state index contributed by atoms with van der Waals surface area (Å²) in [5.74, 6) is 1.65. The van der Waals surface area contributed by atoms with Gasteiger partial charge in [0.05, 0.1) is 13.2 Å². The number of unbranched alkanes of at least 4 members (excludes halogenated alkanes) is 1. The fraction of sp³-hybridized carbons (Fsp3) is 0.409. The van der Waals surface area contributed by atoms with Crippen LogP contribution in [0.15, 0.2) is 42.5 Å². The Morgan fingerprint density at radius 1 is 0.962 bits per heavy atom. The molecule has 0 spiro atoms. The van der Waals surface area contributed by atoms with Crippen molar-refractivity contribution in [2.75, 3.05) is 13.2 Å². The summed E-state index contributed by atoms with van der Waals surface area (Å²) in [5.41, 5.74) is 3.65. The normalized spacial score (nSPS) is 13.1. The second-order valence-electron chi connectivity index (χ2n) is 6.80. The number of hydrogen-bond donors (Lipinski definition) is 1. The van der Waals surface area contributed by atoms with Crippen molar-refractivity contribution in [2.45, 2.75) is 45.6 Å². The van der Waals surface area contributed by atoms with Crippen molar-refractivity contribution in [3.8, 4) is 11.5 Å². The van der Waals surface area contributed by atoms with Gasteiger partial charge in [0.1, 0.15) is 0 Å². The lowest BCUT2D eigenvalue weighted by Gasteiger charge is -2.10. The van der Waals surface area contributed by atoms with E-state index in [0.29, 0.717) is 26.2 Å². The Bertz CT molecular complexity index is 725. The van der Waals surface area contributed by atoms with E-state index in [2.05, 4.69) is 36.5 Å². The standard InChI is InChI=1S/C22H27NO3/c1-17-7-9-18(10-8-17)5-2-3-6-22(24)23-16-19-11-12-20-21(15-19)26-14-4-13-25-20/h7-12,15H,2-6,13-14,16H2,1H3,(H,23,24). The van der Waals surface area contributed by atoms with E-state index in [1.165, 1.54) is 11.1 Å². The number of fused-ring (bicyclic) bond motifs is 1. The molecule has 4 heteroatoms. The fourth-order valence-electron chi connectivity index (χ4n) is 2.98. The van der Waals surface area contributed by atoms with E-state index >= 15 is 0 Å². The smallest absolute Gasteiger partial charge is 0.220 e. The second kappa shape index (κ2) is 9.27. The number of amides is 1. The van der Waals surface area contributed by atoms with Crippen LogP contribution >= 0.6 is 0 Å². The Balaban J connectivity index is 1.37. The molecule has 0 atom stereocenters. The van der Waals surface area contributed by atoms with Crippen LogP contribution in [0.2, 0.25) is 0 Å². The SMILES string of the molecule is Cc1ccc(CCCCC(=O)NCc2ccc3c(c2)OCCCO3)cc1. The van der Waals surface area contributed by atoms with Gasteiger partial charge in [0, 0.05) is 19.4 Å². The summed E-state index contributed by atoms with van der Waals surface area (Å²) in [6.45, 7) is 3.97. The first kappa shape index (κ1) is 18.3. The maximum Gasteiger partial charge on any atom is 0.220 e. The van der Waals surface area contributed by atoms with Gasteiger partial charge >= 0.3 is 0 Å². The van der Waals surface area contributed by atoms with Gasteiger partial charge in [-0.05, 0) is 49.4 Å². The minimum Gasteiger partial charge on any atom is -0.490 e. The van der Waals surface area contributed by atoms with Crippen LogP contribution in [0.4, 0.5) is 0 Å². The zero-order valence-electron chi connectivity index (χ0n) is 15.4. The van der Waals surface area contributed by atoms with Crippen LogP contribution in [0.1, 0.15) is 42.4 Å². The highest BCUT2D eigenvalue weighted by molar-refractivity contribution is 5.75. The Labute approximate surface area is 155 Å². The molecule has 0 aromatic heterocycles. The monoisotopic (exact) mass is 353 g/mol. The van der Waals surface area contributed by atoms with Crippen LogP contribution in [0.3, 0.4) is 0 Å². The number of nitrogens with one attached hydrogen (secondary N) is 1. The first-order valence-electron chi connectivity index (χ1n) is 9.41. The molecule has 0 unspecified atom stereocenters. The van der Waals surface area contributed by atoms with Crippen molar-refractivity contribution in [1.82, 2.24) is 5.32 Å². The van der Waals surface area contributed by atoms with Crippen LogP contribution in [0, 0.1) is 6.92 Å². The Kier molecular flexibility index (Phi) is 6.53. The van der Waals surface area contributed by atoms with Crippen LogP contribution in [0.25, 0.3) is 0 Å². The third-order valence-electron chi connectivity index (χ3n) is 4.54. The van der Waals surface area contributed by atoms with Gasteiger partial charge in [-0.15, -0.1) is 0 Å². The number of carbonyl (C=O) groups is 1. The molecular formula is C22H27NO3. The number of aryl methyl sites for hydroxylation is 2. The Hall–Kier alpha value is -2.49. The van der Waals surface area contributed by atoms with Gasteiger partial charge in [-0.1, -0.05) is 35.9 Å². The molecule has 0 bridgehead atoms. The van der Waals surface area contributed by atoms with Gasteiger partial charge in [0.15, 0.2) is 11.5 Å². The predicted octanol–water partition coefficient (Wildman–Crippen LogP) is 4.19. The zero-order chi connectivity index (χ0) is 18.2. The first-order chi connectivity index (χ1) is 12.7. The average Bonchev–Trinajstić information content (AvgIpc) is 2.90. The zero-order valence-corrected chi connectivity index (χ0v) is 15.4. The maximum atomic E-state index is 12.0. The summed E-state index contributed by atoms with van der Waals surface area (Å²) >= 11 is 0. The van der Waals surface area contributed by atoms with Gasteiger partial charge in [-0.25, -0.2) is 0 Å². The molecule has 1 aliphatic heterocycles. The molecule has 1 heterocycles. The molecule has 138 valence electrons. The van der Waals surface area contributed by atoms with Gasteiger partial charge in [0.2, 0.25) is 5.91 Å². The van der Waals surface area contributed by atoms with E-state index < -0.39 is 0 Å². The molecular weight excluding hydrogens is 326 g/mol. The van der Waals surface area contributed by atoms with E-state index in [0.717, 1.165) is 42.7 Å². The predicted molar refractivity (Wildman–Crippen MR) is 103 cm³/mol. The van der Waals surface area contributed by atoms with E-state index in [9.17, 15) is 4.79 Å². The molecule has 0 saturated heterocycles. The maximum absolute atomic E-state index is 12.0. The van der Waals surface area contributed by atoms with Gasteiger partial charge in [-0.3, -0.25) is 4.79 Å². The largest absolute Gasteiger partial charge is 0.490 e. The van der Waals surface area contributed by atoms with Crippen molar-refractivity contribution in [1.29, 1.82) is 0 Å². The highest BCUT2D eigenvalue weighted by Gasteiger charge is 2.11. The van der Waals surface area contributed by atoms with Crippen molar-refractivity contribution >= 4 is 5.91 Å². The van der Waals surface area contributed by atoms with Crippen molar-refractivity contribution in [3.05, 3.63) is 59.2 Å². The molecule has 2 aromatic carbocycles. The third-order valence-corrected chi connectivity index (χ3v) is 4.54. The van der Waals surface area contributed by atoms with Crippen molar-refractivity contribution < 1.29 is 14.3 Å². The molecule has 4 nitrogen and oxygen atoms in total. The van der Waals surface area contributed by atoms with Crippen molar-refractivity contribution in [3.63, 3.8) is 0 Å². The summed E-state index contributed by atoms with van der Waals surface area (Å²) in [5, 5.41) is 2.99. The third kappa shape index (κ3) is 5.51.